The van der Waals surface area contributed by atoms with Gasteiger partial charge in [-0.15, -0.1) is 0 Å². The summed E-state index contributed by atoms with van der Waals surface area (Å²) >= 11 is 0. The SMILES string of the molecule is CC1CCC(c2ccc(-c3ccccc3)cc2)NC1. The Balaban J connectivity index is 1.76. The first-order valence-electron chi connectivity index (χ1n) is 7.22. The molecule has 1 nitrogen and oxygen atoms in total. The topological polar surface area (TPSA) is 12.0 Å². The van der Waals surface area contributed by atoms with Gasteiger partial charge in [0.2, 0.25) is 0 Å². The molecule has 19 heavy (non-hydrogen) atoms. The lowest BCUT2D eigenvalue weighted by Gasteiger charge is -2.28. The summed E-state index contributed by atoms with van der Waals surface area (Å²) in [7, 11) is 0. The van der Waals surface area contributed by atoms with Gasteiger partial charge >= 0.3 is 0 Å². The molecule has 98 valence electrons. The van der Waals surface area contributed by atoms with E-state index in [1.807, 2.05) is 0 Å². The normalized spacial score (nSPS) is 23.2. The summed E-state index contributed by atoms with van der Waals surface area (Å²) in [6.45, 7) is 3.47. The summed E-state index contributed by atoms with van der Waals surface area (Å²) in [6, 6.07) is 20.1. The van der Waals surface area contributed by atoms with E-state index in [1.54, 1.807) is 0 Å². The molecule has 1 heterocycles. The molecule has 3 rings (SSSR count). The number of hydrogen-bond donors (Lipinski definition) is 1. The molecule has 2 unspecified atom stereocenters. The monoisotopic (exact) mass is 251 g/mol. The summed E-state index contributed by atoms with van der Waals surface area (Å²) in [5.41, 5.74) is 4.01. The Morgan fingerprint density at radius 2 is 1.53 bits per heavy atom. The Bertz CT molecular complexity index is 507. The van der Waals surface area contributed by atoms with Gasteiger partial charge in [-0.25, -0.2) is 0 Å². The van der Waals surface area contributed by atoms with E-state index in [-0.39, 0.29) is 0 Å². The maximum atomic E-state index is 3.64. The fourth-order valence-electron chi connectivity index (χ4n) is 2.82. The number of piperidine rings is 1. The van der Waals surface area contributed by atoms with Crippen molar-refractivity contribution in [3.05, 3.63) is 60.2 Å². The zero-order valence-electron chi connectivity index (χ0n) is 11.5. The van der Waals surface area contributed by atoms with Crippen LogP contribution in [0.5, 0.6) is 0 Å². The maximum Gasteiger partial charge on any atom is 0.0320 e. The van der Waals surface area contributed by atoms with Gasteiger partial charge in [0.1, 0.15) is 0 Å². The Hall–Kier alpha value is -1.60. The summed E-state index contributed by atoms with van der Waals surface area (Å²) in [5, 5.41) is 3.64. The van der Waals surface area contributed by atoms with Crippen LogP contribution in [0.1, 0.15) is 31.4 Å². The van der Waals surface area contributed by atoms with Gasteiger partial charge in [-0.1, -0.05) is 61.5 Å². The molecule has 1 fully saturated rings. The summed E-state index contributed by atoms with van der Waals surface area (Å²) in [5.74, 6) is 0.819. The number of hydrogen-bond acceptors (Lipinski definition) is 1. The highest BCUT2D eigenvalue weighted by Crippen LogP contribution is 2.27. The molecule has 1 saturated heterocycles. The van der Waals surface area contributed by atoms with Crippen molar-refractivity contribution in [1.29, 1.82) is 0 Å². The molecule has 2 atom stereocenters. The van der Waals surface area contributed by atoms with Crippen molar-refractivity contribution in [2.75, 3.05) is 6.54 Å². The first-order chi connectivity index (χ1) is 9.33. The lowest BCUT2D eigenvalue weighted by Crippen LogP contribution is -2.31. The molecular formula is C18H21N. The van der Waals surface area contributed by atoms with E-state index in [0.717, 1.165) is 12.5 Å². The Kier molecular flexibility index (Phi) is 3.65. The highest BCUT2D eigenvalue weighted by atomic mass is 14.9. The summed E-state index contributed by atoms with van der Waals surface area (Å²) in [6.07, 6.45) is 2.59. The molecule has 0 aromatic heterocycles. The molecule has 0 saturated carbocycles. The van der Waals surface area contributed by atoms with E-state index in [1.165, 1.54) is 29.5 Å². The first kappa shape index (κ1) is 12.4. The Morgan fingerprint density at radius 3 is 2.16 bits per heavy atom. The average Bonchev–Trinajstić information content (AvgIpc) is 2.49. The van der Waals surface area contributed by atoms with Gasteiger partial charge in [-0.3, -0.25) is 0 Å². The maximum absolute atomic E-state index is 3.64. The van der Waals surface area contributed by atoms with E-state index in [9.17, 15) is 0 Å². The van der Waals surface area contributed by atoms with Crippen LogP contribution in [0.15, 0.2) is 54.6 Å². The van der Waals surface area contributed by atoms with Gasteiger partial charge in [0.05, 0.1) is 0 Å². The van der Waals surface area contributed by atoms with Gasteiger partial charge in [-0.05, 0) is 42.0 Å². The molecule has 1 aliphatic rings. The number of rotatable bonds is 2. The highest BCUT2D eigenvalue weighted by Gasteiger charge is 2.18. The molecule has 0 bridgehead atoms. The van der Waals surface area contributed by atoms with Crippen LogP contribution in [0.2, 0.25) is 0 Å². The van der Waals surface area contributed by atoms with Gasteiger partial charge in [0.25, 0.3) is 0 Å². The van der Waals surface area contributed by atoms with Crippen molar-refractivity contribution >= 4 is 0 Å². The second-order valence-electron chi connectivity index (χ2n) is 5.63. The molecule has 1 heteroatoms. The Labute approximate surface area is 115 Å². The van der Waals surface area contributed by atoms with Crippen LogP contribution in [0.3, 0.4) is 0 Å². The molecule has 1 aliphatic heterocycles. The molecular weight excluding hydrogens is 230 g/mol. The van der Waals surface area contributed by atoms with Gasteiger partial charge in [0.15, 0.2) is 0 Å². The third-order valence-corrected chi connectivity index (χ3v) is 4.08. The van der Waals surface area contributed by atoms with Crippen molar-refractivity contribution in [2.24, 2.45) is 5.92 Å². The minimum atomic E-state index is 0.543. The van der Waals surface area contributed by atoms with Gasteiger partial charge in [0, 0.05) is 6.04 Å². The fourth-order valence-corrected chi connectivity index (χ4v) is 2.82. The lowest BCUT2D eigenvalue weighted by molar-refractivity contribution is 0.333. The first-order valence-corrected chi connectivity index (χ1v) is 7.22. The van der Waals surface area contributed by atoms with Crippen LogP contribution in [0.4, 0.5) is 0 Å². The van der Waals surface area contributed by atoms with Crippen LogP contribution in [-0.4, -0.2) is 6.54 Å². The molecule has 0 radical (unpaired) electrons. The van der Waals surface area contributed by atoms with Crippen molar-refractivity contribution in [3.8, 4) is 11.1 Å². The summed E-state index contributed by atoms with van der Waals surface area (Å²) in [4.78, 5) is 0. The van der Waals surface area contributed by atoms with E-state index in [4.69, 9.17) is 0 Å². The predicted molar refractivity (Wildman–Crippen MR) is 81.0 cm³/mol. The van der Waals surface area contributed by atoms with Crippen molar-refractivity contribution < 1.29 is 0 Å². The molecule has 2 aromatic rings. The third kappa shape index (κ3) is 2.87. The predicted octanol–water partition coefficient (Wildman–Crippen LogP) is 4.41. The van der Waals surface area contributed by atoms with Crippen molar-refractivity contribution in [3.63, 3.8) is 0 Å². The van der Waals surface area contributed by atoms with E-state index >= 15 is 0 Å². The minimum absolute atomic E-state index is 0.543. The molecule has 0 spiro atoms. The fraction of sp³-hybridized carbons (Fsp3) is 0.333. The lowest BCUT2D eigenvalue weighted by atomic mass is 9.91. The molecule has 2 aromatic carbocycles. The summed E-state index contributed by atoms with van der Waals surface area (Å²) < 4.78 is 0. The number of benzene rings is 2. The van der Waals surface area contributed by atoms with Crippen LogP contribution in [0, 0.1) is 5.92 Å². The highest BCUT2D eigenvalue weighted by molar-refractivity contribution is 5.63. The second-order valence-corrected chi connectivity index (χ2v) is 5.63. The van der Waals surface area contributed by atoms with Gasteiger partial charge in [-0.2, -0.15) is 0 Å². The standard InChI is InChI=1S/C18H21N/c1-14-7-12-18(19-13-14)17-10-8-16(9-11-17)15-5-3-2-4-6-15/h2-6,8-11,14,18-19H,7,12-13H2,1H3. The zero-order chi connectivity index (χ0) is 13.1. The van der Waals surface area contributed by atoms with Crippen molar-refractivity contribution in [2.45, 2.75) is 25.8 Å². The Morgan fingerprint density at radius 1 is 0.842 bits per heavy atom. The van der Waals surface area contributed by atoms with E-state index in [0.29, 0.717) is 6.04 Å². The second kappa shape index (κ2) is 5.58. The minimum Gasteiger partial charge on any atom is -0.310 e. The molecule has 0 amide bonds. The third-order valence-electron chi connectivity index (χ3n) is 4.08. The van der Waals surface area contributed by atoms with Crippen molar-refractivity contribution in [1.82, 2.24) is 5.32 Å². The molecule has 0 aliphatic carbocycles. The van der Waals surface area contributed by atoms with E-state index < -0.39 is 0 Å². The smallest absolute Gasteiger partial charge is 0.0320 e. The van der Waals surface area contributed by atoms with Crippen LogP contribution in [0.25, 0.3) is 11.1 Å². The largest absolute Gasteiger partial charge is 0.310 e. The van der Waals surface area contributed by atoms with Crippen LogP contribution in [-0.2, 0) is 0 Å². The van der Waals surface area contributed by atoms with Gasteiger partial charge < -0.3 is 5.32 Å². The zero-order valence-corrected chi connectivity index (χ0v) is 11.5. The van der Waals surface area contributed by atoms with Crippen LogP contribution >= 0.6 is 0 Å². The van der Waals surface area contributed by atoms with Crippen LogP contribution < -0.4 is 5.32 Å². The quantitative estimate of drug-likeness (QED) is 0.833. The number of nitrogens with one attached hydrogen (secondary N) is 1. The average molecular weight is 251 g/mol. The molecule has 1 N–H and O–H groups in total. The van der Waals surface area contributed by atoms with E-state index in [2.05, 4.69) is 66.8 Å².